The number of amides is 1. The van der Waals surface area contributed by atoms with Gasteiger partial charge in [-0.05, 0) is 35.0 Å². The van der Waals surface area contributed by atoms with E-state index in [-0.39, 0.29) is 17.8 Å². The number of aromatic nitrogens is 2. The first-order chi connectivity index (χ1) is 13.7. The van der Waals surface area contributed by atoms with Crippen molar-refractivity contribution in [2.24, 2.45) is 0 Å². The second-order valence-corrected chi connectivity index (χ2v) is 5.96. The number of rotatable bonds is 5. The fraction of sp³-hybridized carbons (Fsp3) is 0.0952. The van der Waals surface area contributed by atoms with Crippen LogP contribution in [-0.4, -0.2) is 30.3 Å². The highest BCUT2D eigenvalue weighted by atomic mass is 16.5. The van der Waals surface area contributed by atoms with Crippen molar-refractivity contribution in [3.8, 4) is 23.0 Å². The van der Waals surface area contributed by atoms with Crippen LogP contribution in [0.3, 0.4) is 0 Å². The van der Waals surface area contributed by atoms with Gasteiger partial charge in [0.25, 0.3) is 5.91 Å². The number of nitrogens with one attached hydrogen (secondary N) is 1. The molecule has 7 heteroatoms. The van der Waals surface area contributed by atoms with Gasteiger partial charge in [-0.3, -0.25) is 10.1 Å². The SMILES string of the molecule is COc1ccc(-c2nnc(NC(=O)c3cccc4ccccc34)o2)cc1OC. The minimum atomic E-state index is -0.320. The van der Waals surface area contributed by atoms with Crippen LogP contribution in [0.25, 0.3) is 22.2 Å². The predicted octanol–water partition coefficient (Wildman–Crippen LogP) is 4.16. The fourth-order valence-corrected chi connectivity index (χ4v) is 2.95. The average molecular weight is 375 g/mol. The first-order valence-corrected chi connectivity index (χ1v) is 8.54. The van der Waals surface area contributed by atoms with E-state index in [9.17, 15) is 4.79 Å². The minimum Gasteiger partial charge on any atom is -0.493 e. The molecule has 0 aliphatic heterocycles. The molecular formula is C21H17N3O4. The Bertz CT molecular complexity index is 1150. The third-order valence-electron chi connectivity index (χ3n) is 4.31. The van der Waals surface area contributed by atoms with Crippen molar-refractivity contribution in [2.75, 3.05) is 19.5 Å². The molecule has 3 aromatic carbocycles. The van der Waals surface area contributed by atoms with E-state index in [1.807, 2.05) is 36.4 Å². The molecule has 0 atom stereocenters. The van der Waals surface area contributed by atoms with Gasteiger partial charge in [0.05, 0.1) is 14.2 Å². The molecule has 0 saturated carbocycles. The molecule has 0 aliphatic carbocycles. The Morgan fingerprint density at radius 3 is 2.54 bits per heavy atom. The predicted molar refractivity (Wildman–Crippen MR) is 105 cm³/mol. The highest BCUT2D eigenvalue weighted by Crippen LogP contribution is 2.32. The van der Waals surface area contributed by atoms with Gasteiger partial charge in [-0.15, -0.1) is 5.10 Å². The molecule has 28 heavy (non-hydrogen) atoms. The summed E-state index contributed by atoms with van der Waals surface area (Å²) >= 11 is 0. The zero-order valence-corrected chi connectivity index (χ0v) is 15.3. The van der Waals surface area contributed by atoms with Gasteiger partial charge < -0.3 is 13.9 Å². The molecule has 0 fully saturated rings. The molecule has 0 radical (unpaired) electrons. The fourth-order valence-electron chi connectivity index (χ4n) is 2.95. The molecule has 7 nitrogen and oxygen atoms in total. The van der Waals surface area contributed by atoms with Gasteiger partial charge in [0.2, 0.25) is 5.89 Å². The van der Waals surface area contributed by atoms with Crippen molar-refractivity contribution >= 4 is 22.7 Å². The summed E-state index contributed by atoms with van der Waals surface area (Å²) in [5.41, 5.74) is 1.18. The smallest absolute Gasteiger partial charge is 0.322 e. The van der Waals surface area contributed by atoms with Crippen molar-refractivity contribution in [3.05, 3.63) is 66.2 Å². The lowest BCUT2D eigenvalue weighted by molar-refractivity contribution is 0.102. The third kappa shape index (κ3) is 3.25. The van der Waals surface area contributed by atoms with E-state index in [2.05, 4.69) is 15.5 Å². The van der Waals surface area contributed by atoms with E-state index < -0.39 is 0 Å². The van der Waals surface area contributed by atoms with E-state index in [0.717, 1.165) is 10.8 Å². The Kier molecular flexibility index (Phi) is 4.63. The molecule has 0 bridgehead atoms. The molecule has 1 aromatic heterocycles. The first-order valence-electron chi connectivity index (χ1n) is 8.54. The van der Waals surface area contributed by atoms with Crippen LogP contribution in [0.1, 0.15) is 10.4 Å². The van der Waals surface area contributed by atoms with Gasteiger partial charge >= 0.3 is 6.01 Å². The van der Waals surface area contributed by atoms with Crippen molar-refractivity contribution in [2.45, 2.75) is 0 Å². The number of ether oxygens (including phenoxy) is 2. The lowest BCUT2D eigenvalue weighted by Gasteiger charge is -2.07. The Labute approximate surface area is 160 Å². The lowest BCUT2D eigenvalue weighted by Crippen LogP contribution is -2.12. The molecule has 4 aromatic rings. The van der Waals surface area contributed by atoms with Crippen molar-refractivity contribution in [1.82, 2.24) is 10.2 Å². The molecule has 1 heterocycles. The zero-order chi connectivity index (χ0) is 19.5. The zero-order valence-electron chi connectivity index (χ0n) is 15.3. The quantitative estimate of drug-likeness (QED) is 0.564. The van der Waals surface area contributed by atoms with Crippen molar-refractivity contribution < 1.29 is 18.7 Å². The Hall–Kier alpha value is -3.87. The van der Waals surface area contributed by atoms with Crippen molar-refractivity contribution in [1.29, 1.82) is 0 Å². The van der Waals surface area contributed by atoms with Crippen molar-refractivity contribution in [3.63, 3.8) is 0 Å². The number of carbonyl (C=O) groups excluding carboxylic acids is 1. The van der Waals surface area contributed by atoms with Crippen LogP contribution in [0.5, 0.6) is 11.5 Å². The minimum absolute atomic E-state index is 0.0164. The van der Waals surface area contributed by atoms with Crippen LogP contribution in [0.4, 0.5) is 6.01 Å². The molecular weight excluding hydrogens is 358 g/mol. The largest absolute Gasteiger partial charge is 0.493 e. The molecule has 1 N–H and O–H groups in total. The number of benzene rings is 3. The van der Waals surface area contributed by atoms with Gasteiger partial charge in [0, 0.05) is 11.1 Å². The van der Waals surface area contributed by atoms with Crippen LogP contribution in [0.2, 0.25) is 0 Å². The van der Waals surface area contributed by atoms with Crippen LogP contribution in [0, 0.1) is 0 Å². The van der Waals surface area contributed by atoms with E-state index in [4.69, 9.17) is 13.9 Å². The summed E-state index contributed by atoms with van der Waals surface area (Å²) in [7, 11) is 3.11. The number of hydrogen-bond donors (Lipinski definition) is 1. The third-order valence-corrected chi connectivity index (χ3v) is 4.31. The average Bonchev–Trinajstić information content (AvgIpc) is 3.21. The van der Waals surface area contributed by atoms with Crippen LogP contribution in [-0.2, 0) is 0 Å². The Balaban J connectivity index is 1.59. The second-order valence-electron chi connectivity index (χ2n) is 5.96. The van der Waals surface area contributed by atoms with Crippen LogP contribution in [0.15, 0.2) is 65.1 Å². The summed E-state index contributed by atoms with van der Waals surface area (Å²) in [5.74, 6) is 1.07. The molecule has 0 aliphatic rings. The maximum atomic E-state index is 12.7. The molecule has 4 rings (SSSR count). The molecule has 0 unspecified atom stereocenters. The number of nitrogens with zero attached hydrogens (tertiary/aromatic N) is 2. The molecule has 140 valence electrons. The topological polar surface area (TPSA) is 86.5 Å². The lowest BCUT2D eigenvalue weighted by atomic mass is 10.0. The summed E-state index contributed by atoms with van der Waals surface area (Å²) in [6.07, 6.45) is 0. The maximum Gasteiger partial charge on any atom is 0.322 e. The van der Waals surface area contributed by atoms with Crippen LogP contribution >= 0.6 is 0 Å². The first kappa shape index (κ1) is 17.5. The van der Waals surface area contributed by atoms with E-state index in [1.165, 1.54) is 0 Å². The monoisotopic (exact) mass is 375 g/mol. The standard InChI is InChI=1S/C21H17N3O4/c1-26-17-11-10-14(12-18(17)27-2)20-23-24-21(28-20)22-19(25)16-9-5-7-13-6-3-4-8-15(13)16/h3-12H,1-2H3,(H,22,24,25). The summed E-state index contributed by atoms with van der Waals surface area (Å²) in [6, 6.07) is 18.5. The molecule has 1 amide bonds. The number of methoxy groups -OCH3 is 2. The molecule has 0 saturated heterocycles. The van der Waals surface area contributed by atoms with Gasteiger partial charge in [-0.1, -0.05) is 41.5 Å². The Morgan fingerprint density at radius 2 is 1.71 bits per heavy atom. The van der Waals surface area contributed by atoms with E-state index >= 15 is 0 Å². The summed E-state index contributed by atoms with van der Waals surface area (Å²) in [4.78, 5) is 12.7. The number of hydrogen-bond acceptors (Lipinski definition) is 6. The summed E-state index contributed by atoms with van der Waals surface area (Å²) in [5, 5.41) is 12.4. The van der Waals surface area contributed by atoms with E-state index in [0.29, 0.717) is 22.6 Å². The second kappa shape index (κ2) is 7.40. The summed E-state index contributed by atoms with van der Waals surface area (Å²) in [6.45, 7) is 0. The maximum absolute atomic E-state index is 12.7. The Morgan fingerprint density at radius 1 is 0.929 bits per heavy atom. The number of carbonyl (C=O) groups is 1. The van der Waals surface area contributed by atoms with E-state index in [1.54, 1.807) is 38.5 Å². The molecule has 0 spiro atoms. The summed E-state index contributed by atoms with van der Waals surface area (Å²) < 4.78 is 16.1. The van der Waals surface area contributed by atoms with Gasteiger partial charge in [0.1, 0.15) is 0 Å². The van der Waals surface area contributed by atoms with Crippen LogP contribution < -0.4 is 14.8 Å². The number of fused-ring (bicyclic) bond motifs is 1. The van der Waals surface area contributed by atoms with Gasteiger partial charge in [-0.25, -0.2) is 0 Å². The normalized spacial score (nSPS) is 10.6. The van der Waals surface area contributed by atoms with Gasteiger partial charge in [0.15, 0.2) is 11.5 Å². The number of anilines is 1. The highest BCUT2D eigenvalue weighted by molar-refractivity contribution is 6.12. The highest BCUT2D eigenvalue weighted by Gasteiger charge is 2.16. The van der Waals surface area contributed by atoms with Gasteiger partial charge in [-0.2, -0.15) is 0 Å².